The molecule has 2 atom stereocenters. The van der Waals surface area contributed by atoms with E-state index in [1.165, 1.54) is 6.07 Å². The molecule has 6 heteroatoms. The molecule has 0 bridgehead atoms. The van der Waals surface area contributed by atoms with E-state index in [0.29, 0.717) is 30.3 Å². The van der Waals surface area contributed by atoms with Gasteiger partial charge in [0.1, 0.15) is 5.69 Å². The van der Waals surface area contributed by atoms with Crippen LogP contribution in [0.15, 0.2) is 18.2 Å². The number of hydrogen-bond donors (Lipinski definition) is 1. The third kappa shape index (κ3) is 2.98. The Labute approximate surface area is 124 Å². The molecule has 6 nitrogen and oxygen atoms in total. The van der Waals surface area contributed by atoms with Gasteiger partial charge in [-0.05, 0) is 44.4 Å². The van der Waals surface area contributed by atoms with Gasteiger partial charge in [0.25, 0.3) is 5.69 Å². The number of nitro benzene ring substituents is 1. The number of nitro groups is 1. The molecule has 112 valence electrons. The van der Waals surface area contributed by atoms with Gasteiger partial charge in [-0.2, -0.15) is 5.26 Å². The fraction of sp³-hybridized carbons (Fsp3) is 0.533. The minimum absolute atomic E-state index is 0.00132. The number of rotatable bonds is 5. The van der Waals surface area contributed by atoms with Crippen LogP contribution < -0.4 is 10.6 Å². The Morgan fingerprint density at radius 3 is 2.86 bits per heavy atom. The number of hydrogen-bond acceptors (Lipinski definition) is 5. The van der Waals surface area contributed by atoms with E-state index in [-0.39, 0.29) is 11.7 Å². The monoisotopic (exact) mass is 288 g/mol. The molecule has 1 aromatic rings. The summed E-state index contributed by atoms with van der Waals surface area (Å²) in [7, 11) is 0. The number of nitrogens with zero attached hydrogens (tertiary/aromatic N) is 3. The topological polar surface area (TPSA) is 96.2 Å². The van der Waals surface area contributed by atoms with E-state index in [0.717, 1.165) is 19.3 Å². The third-order valence-corrected chi connectivity index (χ3v) is 4.27. The molecule has 0 heterocycles. The number of anilines is 1. The Morgan fingerprint density at radius 2 is 2.29 bits per heavy atom. The van der Waals surface area contributed by atoms with Crippen LogP contribution in [0.5, 0.6) is 0 Å². The summed E-state index contributed by atoms with van der Waals surface area (Å²) in [5.74, 6) is 0.375. The largest absolute Gasteiger partial charge is 0.363 e. The third-order valence-electron chi connectivity index (χ3n) is 4.27. The second kappa shape index (κ2) is 6.55. The predicted molar refractivity (Wildman–Crippen MR) is 81.0 cm³/mol. The number of nitrogens with two attached hydrogens (primary N) is 1. The SMILES string of the molecule is CCN(c1ccc(C#N)cc1[N+](=O)[O-])C1CCCC1CN. The van der Waals surface area contributed by atoms with Crippen molar-refractivity contribution in [2.75, 3.05) is 18.0 Å². The van der Waals surface area contributed by atoms with Crippen molar-refractivity contribution < 1.29 is 4.92 Å². The van der Waals surface area contributed by atoms with Crippen LogP contribution in [0.3, 0.4) is 0 Å². The number of benzene rings is 1. The lowest BCUT2D eigenvalue weighted by Gasteiger charge is -2.33. The van der Waals surface area contributed by atoms with Gasteiger partial charge in [0.15, 0.2) is 0 Å². The lowest BCUT2D eigenvalue weighted by Crippen LogP contribution is -2.40. The number of nitriles is 1. The molecule has 1 saturated carbocycles. The van der Waals surface area contributed by atoms with E-state index in [9.17, 15) is 10.1 Å². The first-order chi connectivity index (χ1) is 10.1. The van der Waals surface area contributed by atoms with Crippen molar-refractivity contribution in [2.45, 2.75) is 32.2 Å². The van der Waals surface area contributed by atoms with E-state index in [2.05, 4.69) is 4.90 Å². The molecule has 0 aliphatic heterocycles. The highest BCUT2D eigenvalue weighted by Crippen LogP contribution is 2.37. The highest BCUT2D eigenvalue weighted by Gasteiger charge is 2.33. The fourth-order valence-electron chi connectivity index (χ4n) is 3.27. The zero-order chi connectivity index (χ0) is 15.4. The average Bonchev–Trinajstić information content (AvgIpc) is 2.96. The summed E-state index contributed by atoms with van der Waals surface area (Å²) in [6.07, 6.45) is 3.18. The highest BCUT2D eigenvalue weighted by molar-refractivity contribution is 5.66. The molecule has 1 aromatic carbocycles. The fourth-order valence-corrected chi connectivity index (χ4v) is 3.27. The van der Waals surface area contributed by atoms with Crippen LogP contribution in [0.4, 0.5) is 11.4 Å². The average molecular weight is 288 g/mol. The van der Waals surface area contributed by atoms with Gasteiger partial charge in [-0.1, -0.05) is 6.42 Å². The van der Waals surface area contributed by atoms with Gasteiger partial charge >= 0.3 is 0 Å². The normalized spacial score (nSPS) is 21.0. The zero-order valence-electron chi connectivity index (χ0n) is 12.2. The van der Waals surface area contributed by atoms with Crippen LogP contribution >= 0.6 is 0 Å². The molecule has 1 fully saturated rings. The Morgan fingerprint density at radius 1 is 1.52 bits per heavy atom. The van der Waals surface area contributed by atoms with Gasteiger partial charge in [0.2, 0.25) is 0 Å². The second-order valence-corrected chi connectivity index (χ2v) is 5.35. The lowest BCUT2D eigenvalue weighted by atomic mass is 10.0. The van der Waals surface area contributed by atoms with Crippen molar-refractivity contribution in [1.29, 1.82) is 5.26 Å². The van der Waals surface area contributed by atoms with Crippen molar-refractivity contribution in [3.05, 3.63) is 33.9 Å². The smallest absolute Gasteiger partial charge is 0.293 e. The van der Waals surface area contributed by atoms with Crippen LogP contribution in [0.25, 0.3) is 0 Å². The summed E-state index contributed by atoms with van der Waals surface area (Å²) in [6.45, 7) is 3.28. The van der Waals surface area contributed by atoms with Crippen molar-refractivity contribution in [2.24, 2.45) is 11.7 Å². The van der Waals surface area contributed by atoms with Gasteiger partial charge < -0.3 is 10.6 Å². The van der Waals surface area contributed by atoms with Crippen molar-refractivity contribution >= 4 is 11.4 Å². The van der Waals surface area contributed by atoms with Gasteiger partial charge in [0, 0.05) is 18.7 Å². The molecular weight excluding hydrogens is 268 g/mol. The first-order valence-electron chi connectivity index (χ1n) is 7.27. The molecule has 0 saturated heterocycles. The van der Waals surface area contributed by atoms with E-state index in [1.54, 1.807) is 12.1 Å². The van der Waals surface area contributed by atoms with Crippen LogP contribution in [0.2, 0.25) is 0 Å². The molecule has 2 unspecified atom stereocenters. The highest BCUT2D eigenvalue weighted by atomic mass is 16.6. The lowest BCUT2D eigenvalue weighted by molar-refractivity contribution is -0.384. The maximum atomic E-state index is 11.3. The zero-order valence-corrected chi connectivity index (χ0v) is 12.2. The maximum absolute atomic E-state index is 11.3. The molecule has 0 aromatic heterocycles. The molecule has 0 radical (unpaired) electrons. The Hall–Kier alpha value is -2.13. The molecule has 1 aliphatic carbocycles. The molecular formula is C15H20N4O2. The van der Waals surface area contributed by atoms with E-state index >= 15 is 0 Å². The Balaban J connectivity index is 2.42. The van der Waals surface area contributed by atoms with Crippen LogP contribution in [0, 0.1) is 27.4 Å². The minimum atomic E-state index is -0.411. The standard InChI is InChI=1S/C15H20N4O2/c1-2-18(13-5-3-4-12(13)10-17)14-7-6-11(9-16)8-15(14)19(20)21/h6-8,12-13H,2-5,10,17H2,1H3. The predicted octanol–water partition coefficient (Wildman–Crippen LogP) is 2.42. The molecule has 0 spiro atoms. The summed E-state index contributed by atoms with van der Waals surface area (Å²) in [5, 5.41) is 20.2. The summed E-state index contributed by atoms with van der Waals surface area (Å²) in [6, 6.07) is 6.87. The molecule has 2 rings (SSSR count). The van der Waals surface area contributed by atoms with E-state index in [1.807, 2.05) is 13.0 Å². The second-order valence-electron chi connectivity index (χ2n) is 5.35. The van der Waals surface area contributed by atoms with Gasteiger partial charge in [-0.25, -0.2) is 0 Å². The van der Waals surface area contributed by atoms with Crippen LogP contribution in [-0.4, -0.2) is 24.1 Å². The van der Waals surface area contributed by atoms with Gasteiger partial charge in [-0.15, -0.1) is 0 Å². The van der Waals surface area contributed by atoms with Crippen LogP contribution in [-0.2, 0) is 0 Å². The molecule has 1 aliphatic rings. The first-order valence-corrected chi connectivity index (χ1v) is 7.27. The van der Waals surface area contributed by atoms with E-state index in [4.69, 9.17) is 11.0 Å². The minimum Gasteiger partial charge on any atom is -0.363 e. The summed E-state index contributed by atoms with van der Waals surface area (Å²) < 4.78 is 0. The molecule has 21 heavy (non-hydrogen) atoms. The Kier molecular flexibility index (Phi) is 4.76. The van der Waals surface area contributed by atoms with E-state index < -0.39 is 4.92 Å². The maximum Gasteiger partial charge on any atom is 0.293 e. The summed E-state index contributed by atoms with van der Waals surface area (Å²) >= 11 is 0. The molecule has 0 amide bonds. The van der Waals surface area contributed by atoms with Crippen molar-refractivity contribution in [3.63, 3.8) is 0 Å². The van der Waals surface area contributed by atoms with Crippen molar-refractivity contribution in [3.8, 4) is 6.07 Å². The van der Waals surface area contributed by atoms with Gasteiger partial charge in [0.05, 0.1) is 16.6 Å². The quantitative estimate of drug-likeness (QED) is 0.663. The Bertz CT molecular complexity index is 567. The molecule has 2 N–H and O–H groups in total. The first kappa shape index (κ1) is 15.3. The summed E-state index contributed by atoms with van der Waals surface area (Å²) in [5.41, 5.74) is 6.73. The van der Waals surface area contributed by atoms with Crippen molar-refractivity contribution in [1.82, 2.24) is 0 Å². The summed E-state index contributed by atoms with van der Waals surface area (Å²) in [4.78, 5) is 13.0. The van der Waals surface area contributed by atoms with Gasteiger partial charge in [-0.3, -0.25) is 10.1 Å². The van der Waals surface area contributed by atoms with Crippen LogP contribution in [0.1, 0.15) is 31.7 Å².